The van der Waals surface area contributed by atoms with Crippen LogP contribution in [0.15, 0.2) is 29.2 Å². The summed E-state index contributed by atoms with van der Waals surface area (Å²) in [6.45, 7) is 2.26. The molecule has 1 fully saturated rings. The molecule has 0 radical (unpaired) electrons. The van der Waals surface area contributed by atoms with E-state index in [1.54, 1.807) is 11.8 Å². The largest absolute Gasteiger partial charge is 0.319 e. The van der Waals surface area contributed by atoms with E-state index in [9.17, 15) is 4.79 Å². The molecule has 0 spiro atoms. The van der Waals surface area contributed by atoms with Crippen LogP contribution in [0.1, 0.15) is 19.3 Å². The molecule has 2 heterocycles. The van der Waals surface area contributed by atoms with Crippen LogP contribution in [0.2, 0.25) is 0 Å². The lowest BCUT2D eigenvalue weighted by Crippen LogP contribution is -3.17. The fourth-order valence-corrected chi connectivity index (χ4v) is 3.81. The van der Waals surface area contributed by atoms with Crippen LogP contribution in [-0.2, 0) is 4.79 Å². The minimum atomic E-state index is 0.0465. The molecule has 0 aliphatic carbocycles. The van der Waals surface area contributed by atoms with Gasteiger partial charge in [-0.05, 0) is 31.4 Å². The van der Waals surface area contributed by atoms with Crippen molar-refractivity contribution in [2.45, 2.75) is 29.5 Å². The van der Waals surface area contributed by atoms with E-state index >= 15 is 0 Å². The highest BCUT2D eigenvalue weighted by molar-refractivity contribution is 8.00. The molecule has 17 heavy (non-hydrogen) atoms. The first kappa shape index (κ1) is 11.1. The molecule has 1 amide bonds. The number of fused-ring (bicyclic) bond motifs is 1. The Labute approximate surface area is 106 Å². The molecular formula is C13H17N2OS+. The molecule has 3 nitrogen and oxygen atoms in total. The van der Waals surface area contributed by atoms with Gasteiger partial charge in [-0.1, -0.05) is 23.9 Å². The molecule has 0 bridgehead atoms. The quantitative estimate of drug-likeness (QED) is 0.782. The van der Waals surface area contributed by atoms with E-state index in [4.69, 9.17) is 0 Å². The van der Waals surface area contributed by atoms with Gasteiger partial charge in [0.05, 0.1) is 18.8 Å². The smallest absolute Gasteiger partial charge is 0.294 e. The van der Waals surface area contributed by atoms with Gasteiger partial charge in [0, 0.05) is 4.90 Å². The highest BCUT2D eigenvalue weighted by Crippen LogP contribution is 2.33. The maximum atomic E-state index is 12.1. The van der Waals surface area contributed by atoms with Crippen LogP contribution in [0.25, 0.3) is 0 Å². The Morgan fingerprint density at radius 3 is 2.76 bits per heavy atom. The zero-order chi connectivity index (χ0) is 11.7. The summed E-state index contributed by atoms with van der Waals surface area (Å²) in [5, 5.41) is 3.07. The number of carbonyl (C=O) groups excluding carboxylic acids is 1. The Kier molecular flexibility index (Phi) is 3.07. The maximum absolute atomic E-state index is 12.1. The number of rotatable bonds is 1. The highest BCUT2D eigenvalue weighted by atomic mass is 32.2. The number of nitrogens with one attached hydrogen (secondary N) is 2. The van der Waals surface area contributed by atoms with Crippen molar-refractivity contribution >= 4 is 23.4 Å². The third kappa shape index (κ3) is 2.19. The van der Waals surface area contributed by atoms with Crippen molar-refractivity contribution < 1.29 is 9.69 Å². The third-order valence-corrected chi connectivity index (χ3v) is 4.89. The maximum Gasteiger partial charge on any atom is 0.294 e. The average molecular weight is 249 g/mol. The van der Waals surface area contributed by atoms with Gasteiger partial charge in [-0.2, -0.15) is 0 Å². The Morgan fingerprint density at radius 2 is 1.94 bits per heavy atom. The number of thioether (sulfide) groups is 1. The summed E-state index contributed by atoms with van der Waals surface area (Å²) >= 11 is 1.72. The van der Waals surface area contributed by atoms with E-state index in [-0.39, 0.29) is 11.3 Å². The van der Waals surface area contributed by atoms with Crippen molar-refractivity contribution in [3.05, 3.63) is 24.3 Å². The fraction of sp³-hybridized carbons (Fsp3) is 0.462. The lowest BCUT2D eigenvalue weighted by Gasteiger charge is -2.32. The number of quaternary nitrogens is 1. The molecule has 0 unspecified atom stereocenters. The molecule has 1 saturated heterocycles. The van der Waals surface area contributed by atoms with Crippen molar-refractivity contribution in [3.8, 4) is 0 Å². The van der Waals surface area contributed by atoms with Crippen LogP contribution >= 0.6 is 11.8 Å². The van der Waals surface area contributed by atoms with Gasteiger partial charge in [-0.15, -0.1) is 0 Å². The minimum Gasteiger partial charge on any atom is -0.319 e. The lowest BCUT2D eigenvalue weighted by molar-refractivity contribution is -0.906. The SMILES string of the molecule is O=C1Nc2ccccc2S[C@@H]1[NH+]1CCCCC1. The van der Waals surface area contributed by atoms with E-state index < -0.39 is 0 Å². The Bertz CT molecular complexity index is 429. The van der Waals surface area contributed by atoms with Gasteiger partial charge >= 0.3 is 0 Å². The van der Waals surface area contributed by atoms with Gasteiger partial charge in [-0.3, -0.25) is 4.79 Å². The summed E-state index contributed by atoms with van der Waals surface area (Å²) in [6.07, 6.45) is 3.82. The van der Waals surface area contributed by atoms with Crippen LogP contribution in [0.4, 0.5) is 5.69 Å². The topological polar surface area (TPSA) is 33.5 Å². The number of likely N-dealkylation sites (tertiary alicyclic amines) is 1. The van der Waals surface area contributed by atoms with E-state index in [2.05, 4.69) is 11.4 Å². The van der Waals surface area contributed by atoms with E-state index in [0.29, 0.717) is 0 Å². The molecule has 0 saturated carbocycles. The number of hydrogen-bond donors (Lipinski definition) is 2. The van der Waals surface area contributed by atoms with Crippen LogP contribution in [0.5, 0.6) is 0 Å². The molecule has 3 rings (SSSR count). The summed E-state index contributed by atoms with van der Waals surface area (Å²) in [7, 11) is 0. The average Bonchev–Trinajstić information content (AvgIpc) is 2.39. The second-order valence-electron chi connectivity index (χ2n) is 4.70. The fourth-order valence-electron chi connectivity index (χ4n) is 2.59. The van der Waals surface area contributed by atoms with E-state index in [1.807, 2.05) is 18.2 Å². The summed E-state index contributed by atoms with van der Waals surface area (Å²) in [5.74, 6) is 0.172. The number of hydrogen-bond acceptors (Lipinski definition) is 2. The molecule has 2 N–H and O–H groups in total. The van der Waals surface area contributed by atoms with Crippen LogP contribution < -0.4 is 10.2 Å². The lowest BCUT2D eigenvalue weighted by atomic mass is 10.1. The highest BCUT2D eigenvalue weighted by Gasteiger charge is 2.35. The number of carbonyl (C=O) groups is 1. The van der Waals surface area contributed by atoms with E-state index in [0.717, 1.165) is 18.8 Å². The first-order valence-electron chi connectivity index (χ1n) is 6.26. The number of anilines is 1. The van der Waals surface area contributed by atoms with Gasteiger partial charge in [0.2, 0.25) is 5.37 Å². The zero-order valence-corrected chi connectivity index (χ0v) is 10.6. The summed E-state index contributed by atoms with van der Waals surface area (Å²) < 4.78 is 0. The van der Waals surface area contributed by atoms with Crippen molar-refractivity contribution in [1.82, 2.24) is 0 Å². The molecule has 2 aliphatic heterocycles. The Morgan fingerprint density at radius 1 is 1.18 bits per heavy atom. The summed E-state index contributed by atoms with van der Waals surface area (Å²) in [4.78, 5) is 14.7. The van der Waals surface area contributed by atoms with Gasteiger partial charge in [0.15, 0.2) is 0 Å². The molecule has 1 atom stereocenters. The molecule has 4 heteroatoms. The normalized spacial score (nSPS) is 25.2. The third-order valence-electron chi connectivity index (χ3n) is 3.49. The molecule has 2 aliphatic rings. The molecule has 90 valence electrons. The Hall–Kier alpha value is -1.00. The van der Waals surface area contributed by atoms with Crippen LogP contribution in [0.3, 0.4) is 0 Å². The summed E-state index contributed by atoms with van der Waals surface area (Å²) in [6, 6.07) is 8.07. The van der Waals surface area contributed by atoms with Gasteiger partial charge in [0.1, 0.15) is 0 Å². The zero-order valence-electron chi connectivity index (χ0n) is 9.74. The van der Waals surface area contributed by atoms with Gasteiger partial charge in [-0.25, -0.2) is 0 Å². The molecule has 0 aromatic heterocycles. The second-order valence-corrected chi connectivity index (χ2v) is 5.85. The number of piperidine rings is 1. The molecular weight excluding hydrogens is 232 g/mol. The molecule has 1 aromatic carbocycles. The van der Waals surface area contributed by atoms with E-state index in [1.165, 1.54) is 29.1 Å². The number of amides is 1. The number of para-hydroxylation sites is 1. The van der Waals surface area contributed by atoms with Crippen molar-refractivity contribution in [2.24, 2.45) is 0 Å². The summed E-state index contributed by atoms with van der Waals surface area (Å²) in [5.41, 5.74) is 0.968. The van der Waals surface area contributed by atoms with Crippen molar-refractivity contribution in [2.75, 3.05) is 18.4 Å². The predicted octanol–water partition coefficient (Wildman–Crippen LogP) is 1.13. The monoisotopic (exact) mass is 249 g/mol. The first-order valence-corrected chi connectivity index (χ1v) is 7.14. The Balaban J connectivity index is 1.81. The number of benzene rings is 1. The minimum absolute atomic E-state index is 0.0465. The van der Waals surface area contributed by atoms with Crippen molar-refractivity contribution in [1.29, 1.82) is 0 Å². The van der Waals surface area contributed by atoms with Crippen LogP contribution in [0, 0.1) is 0 Å². The first-order chi connectivity index (χ1) is 8.34. The molecule has 1 aromatic rings. The van der Waals surface area contributed by atoms with Crippen molar-refractivity contribution in [3.63, 3.8) is 0 Å². The predicted molar refractivity (Wildman–Crippen MR) is 69.3 cm³/mol. The van der Waals surface area contributed by atoms with Gasteiger partial charge in [0.25, 0.3) is 5.91 Å². The van der Waals surface area contributed by atoms with Gasteiger partial charge < -0.3 is 10.2 Å². The second kappa shape index (κ2) is 4.70. The van der Waals surface area contributed by atoms with Crippen LogP contribution in [-0.4, -0.2) is 24.4 Å². The standard InChI is InChI=1S/C13H16N2OS/c16-12-13(15-8-4-1-5-9-15)17-11-7-3-2-6-10(11)14-12/h2-3,6-7,13H,1,4-5,8-9H2,(H,14,16)/p+1/t13-/m0/s1.